The standard InChI is InChI=1S/C10H6F2N4O3/c11-7-3-1-5(9(12)15-7)14-10(17)6-2-4-8(13-6)16(18)19/h1-4,13H,(H,14,17). The second-order valence-electron chi connectivity index (χ2n) is 3.44. The summed E-state index contributed by atoms with van der Waals surface area (Å²) >= 11 is 0. The molecule has 0 spiro atoms. The number of amides is 1. The molecule has 0 saturated carbocycles. The van der Waals surface area contributed by atoms with Gasteiger partial charge in [-0.15, -0.1) is 0 Å². The third-order valence-electron chi connectivity index (χ3n) is 2.17. The first-order valence-corrected chi connectivity index (χ1v) is 4.94. The fraction of sp³-hybridized carbons (Fsp3) is 0. The molecule has 0 saturated heterocycles. The first-order valence-electron chi connectivity index (χ1n) is 4.94. The van der Waals surface area contributed by atoms with Gasteiger partial charge in [-0.2, -0.15) is 13.8 Å². The number of hydrogen-bond donors (Lipinski definition) is 2. The van der Waals surface area contributed by atoms with E-state index in [9.17, 15) is 23.7 Å². The van der Waals surface area contributed by atoms with Gasteiger partial charge in [0.2, 0.25) is 11.9 Å². The summed E-state index contributed by atoms with van der Waals surface area (Å²) in [6.07, 6.45) is 0. The molecule has 0 aromatic carbocycles. The molecule has 2 aromatic heterocycles. The molecule has 7 nitrogen and oxygen atoms in total. The van der Waals surface area contributed by atoms with Gasteiger partial charge in [0.25, 0.3) is 5.91 Å². The van der Waals surface area contributed by atoms with Crippen LogP contribution in [-0.4, -0.2) is 20.8 Å². The molecule has 0 atom stereocenters. The number of anilines is 1. The summed E-state index contributed by atoms with van der Waals surface area (Å²) in [5, 5.41) is 12.5. The van der Waals surface area contributed by atoms with Crippen molar-refractivity contribution in [1.29, 1.82) is 0 Å². The molecule has 0 aliphatic heterocycles. The number of aromatic nitrogens is 2. The average Bonchev–Trinajstić information content (AvgIpc) is 2.82. The number of nitrogens with zero attached hydrogens (tertiary/aromatic N) is 2. The van der Waals surface area contributed by atoms with Crippen LogP contribution in [-0.2, 0) is 0 Å². The van der Waals surface area contributed by atoms with Gasteiger partial charge in [0.15, 0.2) is 5.69 Å². The highest BCUT2D eigenvalue weighted by atomic mass is 19.1. The molecular formula is C10H6F2N4O3. The van der Waals surface area contributed by atoms with E-state index in [2.05, 4.69) is 15.3 Å². The molecule has 2 rings (SSSR count). The Labute approximate surface area is 104 Å². The first kappa shape index (κ1) is 12.6. The van der Waals surface area contributed by atoms with Crippen LogP contribution in [0.5, 0.6) is 0 Å². The van der Waals surface area contributed by atoms with Gasteiger partial charge in [0, 0.05) is 6.07 Å². The molecule has 0 aliphatic carbocycles. The zero-order chi connectivity index (χ0) is 14.0. The summed E-state index contributed by atoms with van der Waals surface area (Å²) in [7, 11) is 0. The van der Waals surface area contributed by atoms with Gasteiger partial charge in [-0.1, -0.05) is 0 Å². The number of carbonyl (C=O) groups is 1. The predicted molar refractivity (Wildman–Crippen MR) is 59.6 cm³/mol. The lowest BCUT2D eigenvalue weighted by Crippen LogP contribution is -2.14. The van der Waals surface area contributed by atoms with E-state index in [1.165, 1.54) is 6.07 Å². The summed E-state index contributed by atoms with van der Waals surface area (Å²) in [4.78, 5) is 26.5. The Bertz CT molecular complexity index is 656. The average molecular weight is 268 g/mol. The van der Waals surface area contributed by atoms with Crippen molar-refractivity contribution in [1.82, 2.24) is 9.97 Å². The Balaban J connectivity index is 2.18. The zero-order valence-corrected chi connectivity index (χ0v) is 9.18. The predicted octanol–water partition coefficient (Wildman–Crippen LogP) is 1.85. The van der Waals surface area contributed by atoms with E-state index in [1.54, 1.807) is 0 Å². The van der Waals surface area contributed by atoms with Gasteiger partial charge < -0.3 is 15.4 Å². The molecule has 0 aliphatic rings. The monoisotopic (exact) mass is 268 g/mol. The molecule has 0 fully saturated rings. The van der Waals surface area contributed by atoms with Gasteiger partial charge >= 0.3 is 5.82 Å². The number of H-pyrrole nitrogens is 1. The number of nitro groups is 1. The number of rotatable bonds is 3. The highest BCUT2D eigenvalue weighted by Crippen LogP contribution is 2.15. The summed E-state index contributed by atoms with van der Waals surface area (Å²) in [5.74, 6) is -3.39. The lowest BCUT2D eigenvalue weighted by atomic mass is 10.3. The minimum Gasteiger partial charge on any atom is -0.358 e. The molecule has 19 heavy (non-hydrogen) atoms. The van der Waals surface area contributed by atoms with Crippen molar-refractivity contribution in [3.8, 4) is 0 Å². The maximum atomic E-state index is 13.2. The summed E-state index contributed by atoms with van der Waals surface area (Å²) in [6, 6.07) is 4.12. The summed E-state index contributed by atoms with van der Waals surface area (Å²) < 4.78 is 25.7. The van der Waals surface area contributed by atoms with Crippen LogP contribution in [0.1, 0.15) is 10.5 Å². The lowest BCUT2D eigenvalue weighted by molar-refractivity contribution is -0.389. The van der Waals surface area contributed by atoms with Crippen molar-refractivity contribution in [3.05, 3.63) is 52.0 Å². The first-order chi connectivity index (χ1) is 8.97. The van der Waals surface area contributed by atoms with Crippen LogP contribution in [0.4, 0.5) is 20.3 Å². The summed E-state index contributed by atoms with van der Waals surface area (Å²) in [6.45, 7) is 0. The Hall–Kier alpha value is -2.84. The Morgan fingerprint density at radius 1 is 1.32 bits per heavy atom. The molecule has 9 heteroatoms. The van der Waals surface area contributed by atoms with E-state index in [0.29, 0.717) is 0 Å². The second-order valence-corrected chi connectivity index (χ2v) is 3.44. The van der Waals surface area contributed by atoms with Crippen LogP contribution in [0.2, 0.25) is 0 Å². The lowest BCUT2D eigenvalue weighted by Gasteiger charge is -2.02. The largest absolute Gasteiger partial charge is 0.358 e. The van der Waals surface area contributed by atoms with E-state index in [0.717, 1.165) is 18.2 Å². The minimum absolute atomic E-state index is 0.129. The zero-order valence-electron chi connectivity index (χ0n) is 9.18. The van der Waals surface area contributed by atoms with Gasteiger partial charge in [0.05, 0.1) is 5.69 Å². The highest BCUT2D eigenvalue weighted by Gasteiger charge is 2.17. The van der Waals surface area contributed by atoms with Crippen LogP contribution in [0.3, 0.4) is 0 Å². The van der Waals surface area contributed by atoms with Crippen molar-refractivity contribution in [2.45, 2.75) is 0 Å². The fourth-order valence-corrected chi connectivity index (χ4v) is 1.32. The normalized spacial score (nSPS) is 10.2. The van der Waals surface area contributed by atoms with Crippen molar-refractivity contribution in [2.75, 3.05) is 5.32 Å². The number of carbonyl (C=O) groups excluding carboxylic acids is 1. The van der Waals surface area contributed by atoms with Crippen molar-refractivity contribution in [3.63, 3.8) is 0 Å². The quantitative estimate of drug-likeness (QED) is 0.504. The second kappa shape index (κ2) is 4.80. The van der Waals surface area contributed by atoms with E-state index >= 15 is 0 Å². The third-order valence-corrected chi connectivity index (χ3v) is 2.17. The van der Waals surface area contributed by atoms with Gasteiger partial charge in [-0.3, -0.25) is 4.79 Å². The van der Waals surface area contributed by atoms with Gasteiger partial charge in [-0.25, -0.2) is 4.98 Å². The molecule has 2 heterocycles. The molecular weight excluding hydrogens is 262 g/mol. The topological polar surface area (TPSA) is 101 Å². The Morgan fingerprint density at radius 3 is 2.63 bits per heavy atom. The van der Waals surface area contributed by atoms with Crippen LogP contribution in [0.25, 0.3) is 0 Å². The molecule has 2 N–H and O–H groups in total. The van der Waals surface area contributed by atoms with E-state index < -0.39 is 22.7 Å². The van der Waals surface area contributed by atoms with Crippen LogP contribution in [0.15, 0.2) is 24.3 Å². The number of halogens is 2. The smallest absolute Gasteiger partial charge is 0.321 e. The highest BCUT2D eigenvalue weighted by molar-refractivity contribution is 6.03. The molecule has 0 radical (unpaired) electrons. The SMILES string of the molecule is O=C(Nc1ccc(F)nc1F)c1ccc([N+](=O)[O-])[nH]1. The molecule has 0 bridgehead atoms. The van der Waals surface area contributed by atoms with E-state index in [-0.39, 0.29) is 17.2 Å². The van der Waals surface area contributed by atoms with Crippen LogP contribution in [0, 0.1) is 22.0 Å². The van der Waals surface area contributed by atoms with Gasteiger partial charge in [-0.05, 0) is 23.1 Å². The van der Waals surface area contributed by atoms with Crippen molar-refractivity contribution < 1.29 is 18.5 Å². The maximum absolute atomic E-state index is 13.2. The number of aromatic amines is 1. The minimum atomic E-state index is -1.19. The molecule has 98 valence electrons. The molecule has 0 unspecified atom stereocenters. The summed E-state index contributed by atoms with van der Waals surface area (Å²) in [5.41, 5.74) is -0.459. The maximum Gasteiger partial charge on any atom is 0.321 e. The number of pyridine rings is 1. The van der Waals surface area contributed by atoms with E-state index in [4.69, 9.17) is 0 Å². The van der Waals surface area contributed by atoms with Gasteiger partial charge in [0.1, 0.15) is 0 Å². The van der Waals surface area contributed by atoms with Crippen LogP contribution < -0.4 is 5.32 Å². The fourth-order valence-electron chi connectivity index (χ4n) is 1.32. The number of hydrogen-bond acceptors (Lipinski definition) is 4. The number of nitrogens with one attached hydrogen (secondary N) is 2. The third kappa shape index (κ3) is 2.70. The molecule has 1 amide bonds. The van der Waals surface area contributed by atoms with Crippen molar-refractivity contribution >= 4 is 17.4 Å². The molecule has 2 aromatic rings. The van der Waals surface area contributed by atoms with Crippen LogP contribution >= 0.6 is 0 Å². The van der Waals surface area contributed by atoms with E-state index in [1.807, 2.05) is 0 Å². The Morgan fingerprint density at radius 2 is 2.05 bits per heavy atom. The van der Waals surface area contributed by atoms with Crippen molar-refractivity contribution in [2.24, 2.45) is 0 Å². The Kier molecular flexibility index (Phi) is 3.19.